The van der Waals surface area contributed by atoms with Crippen LogP contribution in [0.3, 0.4) is 0 Å². The molecule has 0 bridgehead atoms. The maximum Gasteiger partial charge on any atom is 0.372 e. The van der Waals surface area contributed by atoms with Gasteiger partial charge in [0, 0.05) is 5.56 Å². The number of halogens is 1. The average Bonchev–Trinajstić information content (AvgIpc) is 2.61. The number of ether oxygens (including phenoxy) is 1. The van der Waals surface area contributed by atoms with Crippen LogP contribution in [-0.2, 0) is 0 Å². The van der Waals surface area contributed by atoms with Crippen molar-refractivity contribution in [3.63, 3.8) is 0 Å². The molecule has 0 atom stereocenters. The molecule has 4 nitrogen and oxygen atoms in total. The molecule has 2 aromatic rings. The van der Waals surface area contributed by atoms with Gasteiger partial charge in [-0.25, -0.2) is 4.79 Å². The Morgan fingerprint density at radius 2 is 2.24 bits per heavy atom. The minimum Gasteiger partial charge on any atom is -0.492 e. The van der Waals surface area contributed by atoms with E-state index in [0.717, 1.165) is 4.47 Å². The Kier molecular flexibility index (Phi) is 3.11. The molecule has 0 fully saturated rings. The molecule has 5 heteroatoms. The zero-order chi connectivity index (χ0) is 12.6. The second-order valence-corrected chi connectivity index (χ2v) is 4.40. The summed E-state index contributed by atoms with van der Waals surface area (Å²) in [5.41, 5.74) is 1.10. The Balaban J connectivity index is 2.79. The molecule has 0 aliphatic rings. The molecule has 2 rings (SSSR count). The molecular formula is C12H11BrO4. The van der Waals surface area contributed by atoms with Crippen LogP contribution < -0.4 is 4.74 Å². The van der Waals surface area contributed by atoms with Crippen LogP contribution in [0.2, 0.25) is 0 Å². The Hall–Kier alpha value is -1.49. The van der Waals surface area contributed by atoms with Gasteiger partial charge in [0.25, 0.3) is 0 Å². The first kappa shape index (κ1) is 12.0. The summed E-state index contributed by atoms with van der Waals surface area (Å²) in [6.07, 6.45) is 0. The lowest BCUT2D eigenvalue weighted by Crippen LogP contribution is -1.96. The standard InChI is InChI=1S/C12H11BrO4/c1-3-16-11-7(13)4-5-8-9(11)6(2)10(17-8)12(14)15/h4-5H,3H2,1-2H3,(H,14,15). The van der Waals surface area contributed by atoms with Gasteiger partial charge in [-0.15, -0.1) is 0 Å². The van der Waals surface area contributed by atoms with Gasteiger partial charge < -0.3 is 14.3 Å². The van der Waals surface area contributed by atoms with E-state index in [1.54, 1.807) is 19.1 Å². The third-order valence-corrected chi connectivity index (χ3v) is 3.11. The van der Waals surface area contributed by atoms with Crippen molar-refractivity contribution in [1.29, 1.82) is 0 Å². The van der Waals surface area contributed by atoms with Crippen molar-refractivity contribution in [2.24, 2.45) is 0 Å². The second kappa shape index (κ2) is 4.41. The number of carbonyl (C=O) groups is 1. The molecule has 0 saturated heterocycles. The van der Waals surface area contributed by atoms with Gasteiger partial charge >= 0.3 is 5.97 Å². The third kappa shape index (κ3) is 1.91. The summed E-state index contributed by atoms with van der Waals surface area (Å²) in [6.45, 7) is 4.09. The summed E-state index contributed by atoms with van der Waals surface area (Å²) in [6, 6.07) is 3.50. The van der Waals surface area contributed by atoms with Crippen LogP contribution in [0.15, 0.2) is 21.0 Å². The number of carboxylic acids is 1. The van der Waals surface area contributed by atoms with E-state index in [0.29, 0.717) is 28.9 Å². The lowest BCUT2D eigenvalue weighted by Gasteiger charge is -2.07. The highest BCUT2D eigenvalue weighted by atomic mass is 79.9. The monoisotopic (exact) mass is 298 g/mol. The lowest BCUT2D eigenvalue weighted by atomic mass is 10.1. The van der Waals surface area contributed by atoms with Crippen molar-refractivity contribution in [2.45, 2.75) is 13.8 Å². The zero-order valence-corrected chi connectivity index (χ0v) is 11.0. The molecule has 1 aromatic heterocycles. The molecule has 1 aromatic carbocycles. The SMILES string of the molecule is CCOc1c(Br)ccc2oc(C(=O)O)c(C)c12. The summed E-state index contributed by atoms with van der Waals surface area (Å²) in [4.78, 5) is 11.0. The molecule has 17 heavy (non-hydrogen) atoms. The van der Waals surface area contributed by atoms with E-state index in [1.807, 2.05) is 6.92 Å². The molecule has 0 unspecified atom stereocenters. The van der Waals surface area contributed by atoms with Crippen LogP contribution in [0.25, 0.3) is 11.0 Å². The summed E-state index contributed by atoms with van der Waals surface area (Å²) in [7, 11) is 0. The Morgan fingerprint density at radius 1 is 1.53 bits per heavy atom. The van der Waals surface area contributed by atoms with E-state index in [4.69, 9.17) is 14.3 Å². The maximum atomic E-state index is 11.0. The van der Waals surface area contributed by atoms with Gasteiger partial charge in [-0.2, -0.15) is 0 Å². The number of hydrogen-bond acceptors (Lipinski definition) is 3. The average molecular weight is 299 g/mol. The number of hydrogen-bond donors (Lipinski definition) is 1. The van der Waals surface area contributed by atoms with Gasteiger partial charge in [-0.1, -0.05) is 0 Å². The highest BCUT2D eigenvalue weighted by molar-refractivity contribution is 9.10. The van der Waals surface area contributed by atoms with Crippen LogP contribution in [-0.4, -0.2) is 17.7 Å². The number of furan rings is 1. The van der Waals surface area contributed by atoms with Crippen molar-refractivity contribution < 1.29 is 19.1 Å². The zero-order valence-electron chi connectivity index (χ0n) is 9.41. The largest absolute Gasteiger partial charge is 0.492 e. The van der Waals surface area contributed by atoms with Gasteiger partial charge in [0.1, 0.15) is 11.3 Å². The Labute approximate surface area is 106 Å². The highest BCUT2D eigenvalue weighted by Gasteiger charge is 2.20. The molecular weight excluding hydrogens is 288 g/mol. The summed E-state index contributed by atoms with van der Waals surface area (Å²) < 4.78 is 11.6. The molecule has 0 aliphatic carbocycles. The van der Waals surface area contributed by atoms with Crippen LogP contribution in [0.5, 0.6) is 5.75 Å². The fraction of sp³-hybridized carbons (Fsp3) is 0.250. The first-order chi connectivity index (χ1) is 8.06. The Bertz CT molecular complexity index is 586. The highest BCUT2D eigenvalue weighted by Crippen LogP contribution is 2.38. The molecule has 90 valence electrons. The smallest absolute Gasteiger partial charge is 0.372 e. The van der Waals surface area contributed by atoms with Crippen molar-refractivity contribution in [3.8, 4) is 5.75 Å². The van der Waals surface area contributed by atoms with Crippen LogP contribution in [0, 0.1) is 6.92 Å². The fourth-order valence-corrected chi connectivity index (χ4v) is 2.21. The predicted octanol–water partition coefficient (Wildman–Crippen LogP) is 3.60. The first-order valence-corrected chi connectivity index (χ1v) is 5.93. The minimum absolute atomic E-state index is 0.0425. The summed E-state index contributed by atoms with van der Waals surface area (Å²) in [5.74, 6) is -0.491. The third-order valence-electron chi connectivity index (χ3n) is 2.48. The lowest BCUT2D eigenvalue weighted by molar-refractivity contribution is 0.0664. The van der Waals surface area contributed by atoms with Gasteiger partial charge in [-0.3, -0.25) is 0 Å². The Morgan fingerprint density at radius 3 is 2.82 bits per heavy atom. The number of aryl methyl sites for hydroxylation is 1. The maximum absolute atomic E-state index is 11.0. The first-order valence-electron chi connectivity index (χ1n) is 5.14. The van der Waals surface area contributed by atoms with E-state index >= 15 is 0 Å². The molecule has 0 aliphatic heterocycles. The molecule has 0 saturated carbocycles. The number of aromatic carboxylic acids is 1. The normalized spacial score (nSPS) is 10.8. The van der Waals surface area contributed by atoms with Crippen molar-refractivity contribution >= 4 is 32.9 Å². The molecule has 1 N–H and O–H groups in total. The van der Waals surface area contributed by atoms with E-state index in [9.17, 15) is 4.79 Å². The van der Waals surface area contributed by atoms with Gasteiger partial charge in [0.15, 0.2) is 0 Å². The summed E-state index contributed by atoms with van der Waals surface area (Å²) in [5, 5.41) is 9.72. The van der Waals surface area contributed by atoms with Crippen molar-refractivity contribution in [3.05, 3.63) is 27.9 Å². The minimum atomic E-state index is -1.07. The summed E-state index contributed by atoms with van der Waals surface area (Å²) >= 11 is 3.38. The quantitative estimate of drug-likeness (QED) is 0.940. The van der Waals surface area contributed by atoms with Crippen molar-refractivity contribution in [1.82, 2.24) is 0 Å². The van der Waals surface area contributed by atoms with Gasteiger partial charge in [-0.05, 0) is 41.9 Å². The van der Waals surface area contributed by atoms with Crippen LogP contribution in [0.1, 0.15) is 23.0 Å². The van der Waals surface area contributed by atoms with Crippen molar-refractivity contribution in [2.75, 3.05) is 6.61 Å². The second-order valence-electron chi connectivity index (χ2n) is 3.54. The molecule has 0 amide bonds. The predicted molar refractivity (Wildman–Crippen MR) is 66.8 cm³/mol. The van der Waals surface area contributed by atoms with E-state index < -0.39 is 5.97 Å². The van der Waals surface area contributed by atoms with E-state index in [1.165, 1.54) is 0 Å². The number of fused-ring (bicyclic) bond motifs is 1. The molecule has 0 spiro atoms. The van der Waals surface area contributed by atoms with Gasteiger partial charge in [0.2, 0.25) is 5.76 Å². The number of rotatable bonds is 3. The van der Waals surface area contributed by atoms with Crippen LogP contribution in [0.4, 0.5) is 0 Å². The van der Waals surface area contributed by atoms with Crippen LogP contribution >= 0.6 is 15.9 Å². The number of carboxylic acid groups (broad SMARTS) is 1. The molecule has 1 heterocycles. The van der Waals surface area contributed by atoms with Gasteiger partial charge in [0.05, 0.1) is 16.5 Å². The number of benzene rings is 1. The topological polar surface area (TPSA) is 59.7 Å². The molecule has 0 radical (unpaired) electrons. The van der Waals surface area contributed by atoms with E-state index in [2.05, 4.69) is 15.9 Å². The fourth-order valence-electron chi connectivity index (χ4n) is 1.77. The van der Waals surface area contributed by atoms with E-state index in [-0.39, 0.29) is 5.76 Å².